The fourth-order valence-corrected chi connectivity index (χ4v) is 2.47. The Morgan fingerprint density at radius 3 is 2.80 bits per heavy atom. The van der Waals surface area contributed by atoms with Crippen LogP contribution in [0.4, 0.5) is 5.69 Å². The van der Waals surface area contributed by atoms with Gasteiger partial charge in [0.2, 0.25) is 5.91 Å². The van der Waals surface area contributed by atoms with Crippen LogP contribution in [0.15, 0.2) is 41.8 Å². The largest absolute Gasteiger partial charge is 0.465 e. The molecule has 0 bridgehead atoms. The second-order valence-corrected chi connectivity index (χ2v) is 5.23. The monoisotopic (exact) mass is 289 g/mol. The van der Waals surface area contributed by atoms with E-state index in [0.717, 1.165) is 6.42 Å². The summed E-state index contributed by atoms with van der Waals surface area (Å²) in [4.78, 5) is 24.4. The summed E-state index contributed by atoms with van der Waals surface area (Å²) in [5.74, 6) is -0.486. The highest BCUT2D eigenvalue weighted by atomic mass is 32.1. The lowest BCUT2D eigenvalue weighted by molar-refractivity contribution is -0.116. The SMILES string of the molecule is COC(=O)c1cccc(NC(=O)CCc2cccs2)c1. The molecule has 0 atom stereocenters. The van der Waals surface area contributed by atoms with Crippen LogP contribution in [-0.4, -0.2) is 19.0 Å². The molecule has 0 saturated carbocycles. The van der Waals surface area contributed by atoms with Crippen LogP contribution < -0.4 is 5.32 Å². The highest BCUT2D eigenvalue weighted by Gasteiger charge is 2.08. The lowest BCUT2D eigenvalue weighted by Crippen LogP contribution is -2.12. The molecule has 0 aliphatic carbocycles. The van der Waals surface area contributed by atoms with Crippen molar-refractivity contribution in [1.82, 2.24) is 0 Å². The lowest BCUT2D eigenvalue weighted by Gasteiger charge is -2.06. The third kappa shape index (κ3) is 3.93. The van der Waals surface area contributed by atoms with Gasteiger partial charge in [0.25, 0.3) is 0 Å². The van der Waals surface area contributed by atoms with Gasteiger partial charge in [-0.1, -0.05) is 12.1 Å². The summed E-state index contributed by atoms with van der Waals surface area (Å²) >= 11 is 1.64. The fourth-order valence-electron chi connectivity index (χ4n) is 1.76. The van der Waals surface area contributed by atoms with E-state index >= 15 is 0 Å². The van der Waals surface area contributed by atoms with Gasteiger partial charge in [-0.2, -0.15) is 0 Å². The Balaban J connectivity index is 1.92. The molecule has 5 heteroatoms. The predicted octanol–water partition coefficient (Wildman–Crippen LogP) is 3.11. The van der Waals surface area contributed by atoms with Crippen molar-refractivity contribution in [3.8, 4) is 0 Å². The standard InChI is InChI=1S/C15H15NO3S/c1-19-15(18)11-4-2-5-12(10-11)16-14(17)8-7-13-6-3-9-20-13/h2-6,9-10H,7-8H2,1H3,(H,16,17). The van der Waals surface area contributed by atoms with Gasteiger partial charge in [-0.15, -0.1) is 11.3 Å². The smallest absolute Gasteiger partial charge is 0.337 e. The van der Waals surface area contributed by atoms with Gasteiger partial charge < -0.3 is 10.1 Å². The molecular weight excluding hydrogens is 274 g/mol. The number of thiophene rings is 1. The number of amides is 1. The van der Waals surface area contributed by atoms with Crippen molar-refractivity contribution < 1.29 is 14.3 Å². The molecule has 0 spiro atoms. The first-order valence-electron chi connectivity index (χ1n) is 6.19. The molecule has 1 N–H and O–H groups in total. The quantitative estimate of drug-likeness (QED) is 0.860. The molecule has 0 aliphatic rings. The van der Waals surface area contributed by atoms with E-state index in [1.54, 1.807) is 35.6 Å². The van der Waals surface area contributed by atoms with Crippen LogP contribution >= 0.6 is 11.3 Å². The van der Waals surface area contributed by atoms with Crippen LogP contribution in [0.25, 0.3) is 0 Å². The number of carbonyl (C=O) groups excluding carboxylic acids is 2. The summed E-state index contributed by atoms with van der Waals surface area (Å²) in [5, 5.41) is 4.77. The Morgan fingerprint density at radius 2 is 2.10 bits per heavy atom. The number of aryl methyl sites for hydroxylation is 1. The van der Waals surface area contributed by atoms with Crippen LogP contribution in [0.2, 0.25) is 0 Å². The third-order valence-electron chi connectivity index (χ3n) is 2.75. The number of carbonyl (C=O) groups is 2. The maximum absolute atomic E-state index is 11.8. The molecule has 104 valence electrons. The van der Waals surface area contributed by atoms with Crippen LogP contribution in [0.5, 0.6) is 0 Å². The summed E-state index contributed by atoms with van der Waals surface area (Å²) in [5.41, 5.74) is 1.02. The molecule has 0 fully saturated rings. The molecular formula is C15H15NO3S. The minimum absolute atomic E-state index is 0.0691. The van der Waals surface area contributed by atoms with Gasteiger partial charge >= 0.3 is 5.97 Å². The summed E-state index contributed by atoms with van der Waals surface area (Å²) in [6.45, 7) is 0. The van der Waals surface area contributed by atoms with E-state index in [0.29, 0.717) is 17.7 Å². The van der Waals surface area contributed by atoms with E-state index in [-0.39, 0.29) is 5.91 Å². The van der Waals surface area contributed by atoms with E-state index in [1.807, 2.05) is 17.5 Å². The van der Waals surface area contributed by atoms with Crippen molar-refractivity contribution in [3.05, 3.63) is 52.2 Å². The number of ether oxygens (including phenoxy) is 1. The van der Waals surface area contributed by atoms with Gasteiger partial charge in [-0.25, -0.2) is 4.79 Å². The molecule has 4 nitrogen and oxygen atoms in total. The Bertz CT molecular complexity index is 593. The van der Waals surface area contributed by atoms with Crippen LogP contribution in [0.3, 0.4) is 0 Å². The second kappa shape index (κ2) is 6.86. The van der Waals surface area contributed by atoms with Crippen molar-refractivity contribution in [3.63, 3.8) is 0 Å². The first kappa shape index (κ1) is 14.3. The number of nitrogens with one attached hydrogen (secondary N) is 1. The molecule has 0 unspecified atom stereocenters. The first-order chi connectivity index (χ1) is 9.69. The Hall–Kier alpha value is -2.14. The van der Waals surface area contributed by atoms with E-state index < -0.39 is 5.97 Å². The summed E-state index contributed by atoms with van der Waals surface area (Å²) in [6.07, 6.45) is 1.14. The maximum atomic E-state index is 11.8. The topological polar surface area (TPSA) is 55.4 Å². The van der Waals surface area contributed by atoms with Crippen molar-refractivity contribution in [2.24, 2.45) is 0 Å². The number of methoxy groups -OCH3 is 1. The van der Waals surface area contributed by atoms with Crippen molar-refractivity contribution in [1.29, 1.82) is 0 Å². The van der Waals surface area contributed by atoms with Gasteiger partial charge in [0.05, 0.1) is 12.7 Å². The third-order valence-corrected chi connectivity index (χ3v) is 3.68. The van der Waals surface area contributed by atoms with E-state index in [9.17, 15) is 9.59 Å². The average Bonchev–Trinajstić information content (AvgIpc) is 2.98. The molecule has 1 aromatic carbocycles. The molecule has 1 heterocycles. The summed E-state index contributed by atoms with van der Waals surface area (Å²) < 4.78 is 4.64. The molecule has 1 aromatic heterocycles. The van der Waals surface area contributed by atoms with E-state index in [1.165, 1.54) is 12.0 Å². The van der Waals surface area contributed by atoms with Crippen LogP contribution in [0.1, 0.15) is 21.7 Å². The second-order valence-electron chi connectivity index (χ2n) is 4.20. The minimum atomic E-state index is -0.417. The zero-order chi connectivity index (χ0) is 14.4. The highest BCUT2D eigenvalue weighted by Crippen LogP contribution is 2.14. The number of hydrogen-bond acceptors (Lipinski definition) is 4. The molecule has 1 amide bonds. The van der Waals surface area contributed by atoms with Crippen LogP contribution in [0, 0.1) is 0 Å². The van der Waals surface area contributed by atoms with E-state index in [2.05, 4.69) is 10.1 Å². The molecule has 2 aromatic rings. The highest BCUT2D eigenvalue weighted by molar-refractivity contribution is 7.09. The zero-order valence-electron chi connectivity index (χ0n) is 11.1. The van der Waals surface area contributed by atoms with Crippen molar-refractivity contribution in [2.75, 3.05) is 12.4 Å². The van der Waals surface area contributed by atoms with Crippen molar-refractivity contribution in [2.45, 2.75) is 12.8 Å². The molecule has 0 saturated heterocycles. The van der Waals surface area contributed by atoms with Crippen molar-refractivity contribution >= 4 is 28.9 Å². The molecule has 2 rings (SSSR count). The summed E-state index contributed by atoms with van der Waals surface area (Å²) in [6, 6.07) is 10.7. The Labute approximate surface area is 121 Å². The fraction of sp³-hybridized carbons (Fsp3) is 0.200. The minimum Gasteiger partial charge on any atom is -0.465 e. The Kier molecular flexibility index (Phi) is 4.90. The van der Waals surface area contributed by atoms with Gasteiger partial charge in [0.15, 0.2) is 0 Å². The van der Waals surface area contributed by atoms with Gasteiger partial charge in [-0.3, -0.25) is 4.79 Å². The summed E-state index contributed by atoms with van der Waals surface area (Å²) in [7, 11) is 1.33. The van der Waals surface area contributed by atoms with E-state index in [4.69, 9.17) is 0 Å². The maximum Gasteiger partial charge on any atom is 0.337 e. The number of benzene rings is 1. The number of hydrogen-bond donors (Lipinski definition) is 1. The zero-order valence-corrected chi connectivity index (χ0v) is 11.9. The number of esters is 1. The first-order valence-corrected chi connectivity index (χ1v) is 7.07. The van der Waals surface area contributed by atoms with Gasteiger partial charge in [0, 0.05) is 17.0 Å². The van der Waals surface area contributed by atoms with Gasteiger partial charge in [0.1, 0.15) is 0 Å². The number of rotatable bonds is 5. The van der Waals surface area contributed by atoms with Crippen LogP contribution in [-0.2, 0) is 16.0 Å². The average molecular weight is 289 g/mol. The lowest BCUT2D eigenvalue weighted by atomic mass is 10.2. The molecule has 20 heavy (non-hydrogen) atoms. The molecule has 0 radical (unpaired) electrons. The molecule has 0 aliphatic heterocycles. The normalized spacial score (nSPS) is 10.1. The predicted molar refractivity (Wildman–Crippen MR) is 79.1 cm³/mol. The number of anilines is 1. The van der Waals surface area contributed by atoms with Gasteiger partial charge in [-0.05, 0) is 36.1 Å². The Morgan fingerprint density at radius 1 is 1.25 bits per heavy atom.